The Morgan fingerprint density at radius 1 is 1.15 bits per heavy atom. The second-order valence-electron chi connectivity index (χ2n) is 6.81. The molecule has 1 aromatic carbocycles. The number of benzene rings is 1. The monoisotopic (exact) mass is 361 g/mol. The molecule has 142 valence electrons. The molecule has 2 heterocycles. The van der Waals surface area contributed by atoms with E-state index >= 15 is 0 Å². The lowest BCUT2D eigenvalue weighted by Gasteiger charge is -2.37. The maximum atomic E-state index is 12.3. The van der Waals surface area contributed by atoms with Gasteiger partial charge in [-0.2, -0.15) is 0 Å². The summed E-state index contributed by atoms with van der Waals surface area (Å²) in [4.78, 5) is 26.0. The van der Waals surface area contributed by atoms with Crippen LogP contribution in [0.5, 0.6) is 0 Å². The molecular weight excluding hydrogens is 334 g/mol. The highest BCUT2D eigenvalue weighted by atomic mass is 16.5. The van der Waals surface area contributed by atoms with Crippen LogP contribution < -0.4 is 10.6 Å². The number of morpholine rings is 1. The first-order valence-corrected chi connectivity index (χ1v) is 9.19. The van der Waals surface area contributed by atoms with Gasteiger partial charge in [0, 0.05) is 49.5 Å². The highest BCUT2D eigenvalue weighted by molar-refractivity contribution is 5.95. The third-order valence-corrected chi connectivity index (χ3v) is 5.04. The number of amides is 2. The van der Waals surface area contributed by atoms with Crippen LogP contribution in [0.3, 0.4) is 0 Å². The molecule has 2 N–H and O–H groups in total. The van der Waals surface area contributed by atoms with E-state index in [2.05, 4.69) is 15.5 Å². The predicted molar refractivity (Wildman–Crippen MR) is 98.6 cm³/mol. The van der Waals surface area contributed by atoms with Crippen molar-refractivity contribution in [3.8, 4) is 0 Å². The number of rotatable bonds is 6. The van der Waals surface area contributed by atoms with E-state index in [0.717, 1.165) is 45.9 Å². The Balaban J connectivity index is 1.53. The molecule has 1 aromatic rings. The zero-order chi connectivity index (χ0) is 18.4. The van der Waals surface area contributed by atoms with Crippen LogP contribution in [0.4, 0.5) is 10.5 Å². The molecule has 2 aliphatic heterocycles. The Kier molecular flexibility index (Phi) is 6.60. The van der Waals surface area contributed by atoms with Crippen molar-refractivity contribution in [1.29, 1.82) is 0 Å². The number of carbonyl (C=O) groups excluding carboxylic acids is 2. The third kappa shape index (κ3) is 5.03. The molecule has 0 aliphatic carbocycles. The molecule has 0 spiro atoms. The van der Waals surface area contributed by atoms with E-state index in [4.69, 9.17) is 9.47 Å². The molecule has 26 heavy (non-hydrogen) atoms. The number of Topliss-reactive ketones (excluding diaryl/α,β-unsaturated/α-hetero) is 1. The maximum Gasteiger partial charge on any atom is 0.319 e. The average molecular weight is 361 g/mol. The molecule has 2 amide bonds. The summed E-state index contributed by atoms with van der Waals surface area (Å²) in [5.74, 6) is 0.441. The molecule has 0 radical (unpaired) electrons. The van der Waals surface area contributed by atoms with Crippen LogP contribution in [-0.4, -0.2) is 68.8 Å². The molecular formula is C19H27N3O4. The Labute approximate surface area is 154 Å². The summed E-state index contributed by atoms with van der Waals surface area (Å²) in [5, 5.41) is 5.81. The van der Waals surface area contributed by atoms with Gasteiger partial charge in [0.25, 0.3) is 0 Å². The van der Waals surface area contributed by atoms with Gasteiger partial charge in [-0.25, -0.2) is 4.79 Å². The standard InChI is InChI=1S/C19H27N3O4/c1-14(23)15-2-4-17(5-3-15)21-19(24)20-12-18(16-6-9-26-13-16)22-7-10-25-11-8-22/h2-5,16,18H,6-13H2,1H3,(H2,20,21,24)/t16-,18+/m0/s1. The van der Waals surface area contributed by atoms with Crippen molar-refractivity contribution in [2.75, 3.05) is 51.4 Å². The molecule has 3 rings (SSSR count). The summed E-state index contributed by atoms with van der Waals surface area (Å²) in [5.41, 5.74) is 1.30. The molecule has 2 fully saturated rings. The fourth-order valence-corrected chi connectivity index (χ4v) is 3.52. The van der Waals surface area contributed by atoms with E-state index in [1.807, 2.05) is 0 Å². The van der Waals surface area contributed by atoms with Crippen LogP contribution in [0.15, 0.2) is 24.3 Å². The molecule has 0 unspecified atom stereocenters. The molecule has 2 atom stereocenters. The van der Waals surface area contributed by atoms with Gasteiger partial charge in [-0.3, -0.25) is 9.69 Å². The summed E-state index contributed by atoms with van der Waals surface area (Å²) < 4.78 is 11.0. The van der Waals surface area contributed by atoms with Gasteiger partial charge in [0.1, 0.15) is 0 Å². The number of nitrogens with zero attached hydrogens (tertiary/aromatic N) is 1. The maximum absolute atomic E-state index is 12.3. The van der Waals surface area contributed by atoms with Crippen molar-refractivity contribution in [3.63, 3.8) is 0 Å². The summed E-state index contributed by atoms with van der Waals surface area (Å²) in [6.45, 7) is 6.88. The van der Waals surface area contributed by atoms with Crippen LogP contribution in [0.2, 0.25) is 0 Å². The van der Waals surface area contributed by atoms with Gasteiger partial charge in [-0.15, -0.1) is 0 Å². The molecule has 7 nitrogen and oxygen atoms in total. The van der Waals surface area contributed by atoms with Gasteiger partial charge in [0.2, 0.25) is 0 Å². The van der Waals surface area contributed by atoms with Crippen molar-refractivity contribution in [2.45, 2.75) is 19.4 Å². The first-order valence-electron chi connectivity index (χ1n) is 9.19. The first-order chi connectivity index (χ1) is 12.6. The Bertz CT molecular complexity index is 608. The summed E-state index contributed by atoms with van der Waals surface area (Å²) in [7, 11) is 0. The van der Waals surface area contributed by atoms with E-state index < -0.39 is 0 Å². The number of ketones is 1. The Hall–Kier alpha value is -1.96. The SMILES string of the molecule is CC(=O)c1ccc(NC(=O)NC[C@H]([C@H]2CCOC2)N2CCOCC2)cc1. The first kappa shape index (κ1) is 18.8. The van der Waals surface area contributed by atoms with Gasteiger partial charge >= 0.3 is 6.03 Å². The highest BCUT2D eigenvalue weighted by Crippen LogP contribution is 2.22. The fraction of sp³-hybridized carbons (Fsp3) is 0.579. The molecule has 0 bridgehead atoms. The minimum atomic E-state index is -0.238. The van der Waals surface area contributed by atoms with Crippen molar-refractivity contribution in [1.82, 2.24) is 10.2 Å². The van der Waals surface area contributed by atoms with Gasteiger partial charge in [0.05, 0.1) is 19.8 Å². The normalized spacial score (nSPS) is 22.0. The quantitative estimate of drug-likeness (QED) is 0.755. The lowest BCUT2D eigenvalue weighted by Crippen LogP contribution is -2.52. The lowest BCUT2D eigenvalue weighted by atomic mass is 9.97. The number of urea groups is 1. The summed E-state index contributed by atoms with van der Waals surface area (Å²) in [6.07, 6.45) is 1.03. The number of ether oxygens (including phenoxy) is 2. The second kappa shape index (κ2) is 9.12. The summed E-state index contributed by atoms with van der Waals surface area (Å²) in [6, 6.07) is 6.92. The van der Waals surface area contributed by atoms with Crippen molar-refractivity contribution < 1.29 is 19.1 Å². The van der Waals surface area contributed by atoms with E-state index in [1.54, 1.807) is 24.3 Å². The number of carbonyl (C=O) groups is 2. The average Bonchev–Trinajstić information content (AvgIpc) is 3.17. The zero-order valence-electron chi connectivity index (χ0n) is 15.2. The van der Waals surface area contributed by atoms with E-state index in [-0.39, 0.29) is 17.9 Å². The van der Waals surface area contributed by atoms with Crippen LogP contribution in [-0.2, 0) is 9.47 Å². The lowest BCUT2D eigenvalue weighted by molar-refractivity contribution is 0.00222. The molecule has 2 aliphatic rings. The van der Waals surface area contributed by atoms with Crippen molar-refractivity contribution in [3.05, 3.63) is 29.8 Å². The molecule has 2 saturated heterocycles. The van der Waals surface area contributed by atoms with E-state index in [9.17, 15) is 9.59 Å². The van der Waals surface area contributed by atoms with E-state index in [0.29, 0.717) is 23.7 Å². The van der Waals surface area contributed by atoms with Crippen molar-refractivity contribution in [2.24, 2.45) is 5.92 Å². The van der Waals surface area contributed by atoms with Gasteiger partial charge in [-0.1, -0.05) is 0 Å². The number of hydrogen-bond donors (Lipinski definition) is 2. The Morgan fingerprint density at radius 3 is 2.50 bits per heavy atom. The predicted octanol–water partition coefficient (Wildman–Crippen LogP) is 1.75. The van der Waals surface area contributed by atoms with Crippen LogP contribution >= 0.6 is 0 Å². The molecule has 0 aromatic heterocycles. The van der Waals surface area contributed by atoms with Gasteiger partial charge in [-0.05, 0) is 37.6 Å². The van der Waals surface area contributed by atoms with E-state index in [1.165, 1.54) is 6.92 Å². The third-order valence-electron chi connectivity index (χ3n) is 5.04. The van der Waals surface area contributed by atoms with Crippen LogP contribution in [0, 0.1) is 5.92 Å². The highest BCUT2D eigenvalue weighted by Gasteiger charge is 2.31. The van der Waals surface area contributed by atoms with Gasteiger partial charge in [0.15, 0.2) is 5.78 Å². The van der Waals surface area contributed by atoms with Crippen molar-refractivity contribution >= 4 is 17.5 Å². The number of anilines is 1. The fourth-order valence-electron chi connectivity index (χ4n) is 3.52. The number of nitrogens with one attached hydrogen (secondary N) is 2. The minimum Gasteiger partial charge on any atom is -0.381 e. The van der Waals surface area contributed by atoms with Crippen LogP contribution in [0.1, 0.15) is 23.7 Å². The second-order valence-corrected chi connectivity index (χ2v) is 6.81. The summed E-state index contributed by atoms with van der Waals surface area (Å²) >= 11 is 0. The van der Waals surface area contributed by atoms with Gasteiger partial charge < -0.3 is 20.1 Å². The largest absolute Gasteiger partial charge is 0.381 e. The molecule has 0 saturated carbocycles. The topological polar surface area (TPSA) is 79.9 Å². The smallest absolute Gasteiger partial charge is 0.319 e. The zero-order valence-corrected chi connectivity index (χ0v) is 15.2. The number of hydrogen-bond acceptors (Lipinski definition) is 5. The Morgan fingerprint density at radius 2 is 1.88 bits per heavy atom. The molecule has 7 heteroatoms. The van der Waals surface area contributed by atoms with Crippen LogP contribution in [0.25, 0.3) is 0 Å². The minimum absolute atomic E-state index is 0.00753.